The van der Waals surface area contributed by atoms with E-state index in [2.05, 4.69) is 5.23 Å². The van der Waals surface area contributed by atoms with Gasteiger partial charge >= 0.3 is 0 Å². The molecule has 0 radical (unpaired) electrons. The van der Waals surface area contributed by atoms with Crippen molar-refractivity contribution in [3.8, 4) is 6.19 Å². The van der Waals surface area contributed by atoms with E-state index in [1.807, 2.05) is 0 Å². The molecule has 0 fully saturated rings. The highest BCUT2D eigenvalue weighted by Gasteiger charge is 1.42. The van der Waals surface area contributed by atoms with E-state index in [0.717, 1.165) is 0 Å². The summed E-state index contributed by atoms with van der Waals surface area (Å²) < 4.78 is 0. The van der Waals surface area contributed by atoms with Crippen LogP contribution in [0.5, 0.6) is 0 Å². The Kier molecular flexibility index (Phi) is 1.98. The van der Waals surface area contributed by atoms with Gasteiger partial charge in [0.25, 0.3) is 0 Å². The number of rotatable bonds is 0. The summed E-state index contributed by atoms with van der Waals surface area (Å²) in [6, 6.07) is 0. The van der Waals surface area contributed by atoms with Gasteiger partial charge in [-0.1, -0.05) is 0 Å². The van der Waals surface area contributed by atoms with Gasteiger partial charge in [0.15, 0.2) is 6.19 Å². The average Bonchev–Trinajstić information content (AvgIpc) is 1.37. The quantitative estimate of drug-likeness (QED) is 0.210. The molecule has 0 amide bonds. The molecular weight excluding hydrogens is 50.8 g/mol. The molecule has 4 heavy (non-hydrogen) atoms. The third kappa shape index (κ3) is 1.35. The molecule has 0 aromatic carbocycles. The van der Waals surface area contributed by atoms with Crippen LogP contribution in [0, 0.1) is 11.5 Å². The molecule has 1 N–H and O–H groups in total. The van der Waals surface area contributed by atoms with Gasteiger partial charge in [-0.05, 0) is 0 Å². The Morgan fingerprint density at radius 3 is 2.25 bits per heavy atom. The molecule has 0 saturated heterocycles. The summed E-state index contributed by atoms with van der Waals surface area (Å²) in [6.45, 7) is 0. The summed E-state index contributed by atoms with van der Waals surface area (Å²) in [4.78, 5) is 0. The van der Waals surface area contributed by atoms with Gasteiger partial charge in [-0.3, -0.25) is 0 Å². The maximum absolute atomic E-state index is 7.51. The Morgan fingerprint density at radius 2 is 2.25 bits per heavy atom. The van der Waals surface area contributed by atoms with Crippen LogP contribution < -0.4 is 5.23 Å². The van der Waals surface area contributed by atoms with Crippen LogP contribution in [0.1, 0.15) is 0 Å². The first-order chi connectivity index (χ1) is 1.91. The van der Waals surface area contributed by atoms with E-state index in [-0.39, 0.29) is 0 Å². The number of hydrogen-bond acceptors (Lipinski definition) is 2. The lowest BCUT2D eigenvalue weighted by molar-refractivity contribution is 1.35. The molecule has 0 aromatic rings. The van der Waals surface area contributed by atoms with Crippen molar-refractivity contribution in [1.82, 2.24) is 5.23 Å². The van der Waals surface area contributed by atoms with E-state index in [4.69, 9.17) is 5.26 Å². The zero-order valence-corrected chi connectivity index (χ0v) is 2.45. The molecule has 20 valence electrons. The van der Waals surface area contributed by atoms with E-state index in [1.165, 1.54) is 0 Å². The second kappa shape index (κ2) is 2.35. The standard InChI is InChI=1S/CH3BN2/c2-4-1-3/h4H,2H2. The van der Waals surface area contributed by atoms with Crippen molar-refractivity contribution in [2.75, 3.05) is 0 Å². The molecule has 0 bridgehead atoms. The van der Waals surface area contributed by atoms with Crippen LogP contribution in [-0.4, -0.2) is 7.98 Å². The first-order valence-corrected chi connectivity index (χ1v) is 0.974. The van der Waals surface area contributed by atoms with Crippen LogP contribution in [0.4, 0.5) is 0 Å². The van der Waals surface area contributed by atoms with Gasteiger partial charge in [-0.15, -0.1) is 0 Å². The molecule has 0 aliphatic carbocycles. The molecular formula is CH3BN2. The molecule has 2 nitrogen and oxygen atoms in total. The Hall–Kier alpha value is -0.645. The van der Waals surface area contributed by atoms with Gasteiger partial charge in [0.1, 0.15) is 0 Å². The summed E-state index contributed by atoms with van der Waals surface area (Å²) in [6.07, 6.45) is 1.68. The van der Waals surface area contributed by atoms with E-state index in [0.29, 0.717) is 0 Å². The lowest BCUT2D eigenvalue weighted by Gasteiger charge is -1.59. The lowest BCUT2D eigenvalue weighted by Crippen LogP contribution is -1.93. The predicted octanol–water partition coefficient (Wildman–Crippen LogP) is -1.39. The first-order valence-electron chi connectivity index (χ1n) is 0.974. The fourth-order valence-electron chi connectivity index (χ4n) is 0. The molecule has 0 rings (SSSR count). The van der Waals surface area contributed by atoms with Crippen molar-refractivity contribution in [1.29, 1.82) is 5.26 Å². The highest BCUT2D eigenvalue weighted by molar-refractivity contribution is 6.05. The van der Waals surface area contributed by atoms with E-state index in [1.54, 1.807) is 14.2 Å². The minimum absolute atomic E-state index is 1.57. The van der Waals surface area contributed by atoms with Gasteiger partial charge in [0.05, 0.1) is 0 Å². The van der Waals surface area contributed by atoms with Gasteiger partial charge in [0.2, 0.25) is 7.98 Å². The zero-order chi connectivity index (χ0) is 3.41. The lowest BCUT2D eigenvalue weighted by atomic mass is 10.5. The van der Waals surface area contributed by atoms with Crippen LogP contribution in [0.2, 0.25) is 0 Å². The monoisotopic (exact) mass is 54.0 g/mol. The number of nitrogens with zero attached hydrogens (tertiary/aromatic N) is 1. The van der Waals surface area contributed by atoms with Crippen molar-refractivity contribution in [3.63, 3.8) is 0 Å². The van der Waals surface area contributed by atoms with Crippen molar-refractivity contribution < 1.29 is 0 Å². The minimum Gasteiger partial charge on any atom is -0.374 e. The maximum Gasteiger partial charge on any atom is 0.226 e. The third-order valence-corrected chi connectivity index (χ3v) is 0.112. The number of hydrogen-bond donors (Lipinski definition) is 1. The van der Waals surface area contributed by atoms with E-state index >= 15 is 0 Å². The Balaban J connectivity index is 2.43. The van der Waals surface area contributed by atoms with E-state index in [9.17, 15) is 0 Å². The number of nitriles is 1. The second-order valence-electron chi connectivity index (χ2n) is 0.362. The van der Waals surface area contributed by atoms with Crippen molar-refractivity contribution in [2.24, 2.45) is 0 Å². The molecule has 0 saturated carbocycles. The number of nitrogens with one attached hydrogen (secondary N) is 1. The zero-order valence-electron chi connectivity index (χ0n) is 2.45. The van der Waals surface area contributed by atoms with Gasteiger partial charge in [0, 0.05) is 0 Å². The van der Waals surface area contributed by atoms with Gasteiger partial charge in [-0.25, -0.2) is 0 Å². The Bertz CT molecular complexity index is 35.8. The van der Waals surface area contributed by atoms with Crippen LogP contribution in [0.3, 0.4) is 0 Å². The van der Waals surface area contributed by atoms with Crippen LogP contribution in [0.25, 0.3) is 0 Å². The smallest absolute Gasteiger partial charge is 0.226 e. The van der Waals surface area contributed by atoms with Gasteiger partial charge in [-0.2, -0.15) is 5.26 Å². The average molecular weight is 53.9 g/mol. The minimum atomic E-state index is 1.57. The Morgan fingerprint density at radius 1 is 2.00 bits per heavy atom. The summed E-state index contributed by atoms with van der Waals surface area (Å²) in [5.74, 6) is 0. The van der Waals surface area contributed by atoms with Crippen molar-refractivity contribution in [2.45, 2.75) is 0 Å². The van der Waals surface area contributed by atoms with Crippen molar-refractivity contribution in [3.05, 3.63) is 0 Å². The third-order valence-electron chi connectivity index (χ3n) is 0.112. The molecule has 0 atom stereocenters. The maximum atomic E-state index is 7.51. The normalized spacial score (nSPS) is 3.75. The summed E-state index contributed by atoms with van der Waals surface area (Å²) >= 11 is 0. The Labute approximate surface area is 25.9 Å². The molecule has 0 aliphatic heterocycles. The SMILES string of the molecule is BNC#N. The fraction of sp³-hybridized carbons (Fsp3) is 0. The van der Waals surface area contributed by atoms with Crippen LogP contribution >= 0.6 is 0 Å². The highest BCUT2D eigenvalue weighted by atomic mass is 14.7. The topological polar surface area (TPSA) is 35.8 Å². The molecule has 0 aromatic heterocycles. The molecule has 0 spiro atoms. The summed E-state index contributed by atoms with van der Waals surface area (Å²) in [7, 11) is 1.57. The predicted molar refractivity (Wildman–Crippen MR) is 17.3 cm³/mol. The molecule has 3 heteroatoms. The fourth-order valence-corrected chi connectivity index (χ4v) is 0. The van der Waals surface area contributed by atoms with Crippen LogP contribution in [-0.2, 0) is 0 Å². The summed E-state index contributed by atoms with van der Waals surface area (Å²) in [5, 5.41) is 9.75. The molecule has 0 heterocycles. The largest absolute Gasteiger partial charge is 0.374 e. The summed E-state index contributed by atoms with van der Waals surface area (Å²) in [5.41, 5.74) is 0. The van der Waals surface area contributed by atoms with Gasteiger partial charge < -0.3 is 5.23 Å². The second-order valence-corrected chi connectivity index (χ2v) is 0.362. The highest BCUT2D eigenvalue weighted by Crippen LogP contribution is 1.14. The molecule has 0 aliphatic rings. The first kappa shape index (κ1) is 3.35. The molecule has 0 unspecified atom stereocenters. The van der Waals surface area contributed by atoms with E-state index < -0.39 is 0 Å². The van der Waals surface area contributed by atoms with Crippen molar-refractivity contribution >= 4 is 7.98 Å². The van der Waals surface area contributed by atoms with Crippen LogP contribution in [0.15, 0.2) is 0 Å².